The molecule has 0 aliphatic heterocycles. The van der Waals surface area contributed by atoms with Crippen molar-refractivity contribution in [3.8, 4) is 0 Å². The van der Waals surface area contributed by atoms with E-state index in [9.17, 15) is 14.7 Å². The van der Waals surface area contributed by atoms with Gasteiger partial charge in [0.25, 0.3) is 5.56 Å². The van der Waals surface area contributed by atoms with Gasteiger partial charge >= 0.3 is 5.97 Å². The summed E-state index contributed by atoms with van der Waals surface area (Å²) >= 11 is 0. The van der Waals surface area contributed by atoms with Gasteiger partial charge in [-0.3, -0.25) is 14.7 Å². The van der Waals surface area contributed by atoms with Gasteiger partial charge in [0, 0.05) is 23.6 Å². The highest BCUT2D eigenvalue weighted by Crippen LogP contribution is 2.44. The van der Waals surface area contributed by atoms with Crippen molar-refractivity contribution >= 4 is 5.97 Å². The molecule has 0 saturated heterocycles. The second-order valence-corrected chi connectivity index (χ2v) is 6.29. The van der Waals surface area contributed by atoms with Crippen molar-refractivity contribution in [3.63, 3.8) is 0 Å². The Morgan fingerprint density at radius 2 is 2.12 bits per heavy atom. The number of ether oxygens (including phenoxy) is 1. The molecular formula is C18H20N2O4. The summed E-state index contributed by atoms with van der Waals surface area (Å²) in [6.45, 7) is 5.19. The molecule has 1 aromatic heterocycles. The van der Waals surface area contributed by atoms with Gasteiger partial charge in [-0.25, -0.2) is 0 Å². The van der Waals surface area contributed by atoms with Gasteiger partial charge in [-0.2, -0.15) is 0 Å². The van der Waals surface area contributed by atoms with Gasteiger partial charge < -0.3 is 14.9 Å². The SMILES string of the molecule is C=CCOC(=O)[C@H]1[C@H](c2ccccc2)c2c([nH][nH]c2=O)C[C@@]1(C)O. The van der Waals surface area contributed by atoms with Crippen LogP contribution in [0.2, 0.25) is 0 Å². The average molecular weight is 328 g/mol. The monoisotopic (exact) mass is 328 g/mol. The van der Waals surface area contributed by atoms with Crippen molar-refractivity contribution in [1.29, 1.82) is 0 Å². The normalized spacial score (nSPS) is 25.8. The molecule has 1 heterocycles. The standard InChI is InChI=1S/C18H20N2O4/c1-3-9-24-17(22)15-13(11-7-5-4-6-8-11)14-12(10-18(15,2)23)19-20-16(14)21/h3-8,13,15,23H,1,9-10H2,2H3,(H2,19,20,21)/t13-,15-,18-/m1/s1. The van der Waals surface area contributed by atoms with E-state index in [0.717, 1.165) is 5.56 Å². The van der Waals surface area contributed by atoms with E-state index in [-0.39, 0.29) is 18.6 Å². The lowest BCUT2D eigenvalue weighted by atomic mass is 9.66. The highest BCUT2D eigenvalue weighted by Gasteiger charge is 2.51. The molecule has 0 amide bonds. The van der Waals surface area contributed by atoms with Crippen LogP contribution in [0, 0.1) is 5.92 Å². The number of esters is 1. The Hall–Kier alpha value is -2.60. The molecule has 0 radical (unpaired) electrons. The van der Waals surface area contributed by atoms with Gasteiger partial charge in [0.1, 0.15) is 6.61 Å². The summed E-state index contributed by atoms with van der Waals surface area (Å²) < 4.78 is 5.21. The number of hydrogen-bond acceptors (Lipinski definition) is 4. The Kier molecular flexibility index (Phi) is 4.15. The number of aromatic nitrogens is 2. The molecule has 0 unspecified atom stereocenters. The van der Waals surface area contributed by atoms with Gasteiger partial charge in [0.05, 0.1) is 11.5 Å². The minimum atomic E-state index is -1.35. The molecule has 0 spiro atoms. The average Bonchev–Trinajstić information content (AvgIpc) is 2.91. The van der Waals surface area contributed by atoms with Gasteiger partial charge in [-0.05, 0) is 12.5 Å². The topological polar surface area (TPSA) is 95.2 Å². The van der Waals surface area contributed by atoms with Gasteiger partial charge in [-0.15, -0.1) is 0 Å². The van der Waals surface area contributed by atoms with E-state index >= 15 is 0 Å². The molecule has 0 bridgehead atoms. The molecule has 24 heavy (non-hydrogen) atoms. The summed E-state index contributed by atoms with van der Waals surface area (Å²) in [5, 5.41) is 16.3. The number of fused-ring (bicyclic) bond motifs is 1. The molecule has 0 fully saturated rings. The number of H-pyrrole nitrogens is 2. The Morgan fingerprint density at radius 1 is 1.42 bits per heavy atom. The van der Waals surface area contributed by atoms with Crippen LogP contribution in [-0.4, -0.2) is 33.5 Å². The molecule has 126 valence electrons. The van der Waals surface area contributed by atoms with E-state index in [1.807, 2.05) is 30.3 Å². The number of aliphatic hydroxyl groups is 1. The van der Waals surface area contributed by atoms with E-state index in [1.54, 1.807) is 6.92 Å². The second kappa shape index (κ2) is 6.13. The summed E-state index contributed by atoms with van der Waals surface area (Å²) in [6, 6.07) is 9.22. The lowest BCUT2D eigenvalue weighted by molar-refractivity contribution is -0.158. The van der Waals surface area contributed by atoms with Crippen molar-refractivity contribution in [2.45, 2.75) is 24.9 Å². The quantitative estimate of drug-likeness (QED) is 0.585. The van der Waals surface area contributed by atoms with Crippen LogP contribution in [-0.2, 0) is 16.0 Å². The molecular weight excluding hydrogens is 308 g/mol. The Labute approximate surface area is 139 Å². The van der Waals surface area contributed by atoms with Gasteiger partial charge in [0.2, 0.25) is 0 Å². The van der Waals surface area contributed by atoms with E-state index in [2.05, 4.69) is 16.8 Å². The van der Waals surface area contributed by atoms with Crippen LogP contribution < -0.4 is 5.56 Å². The number of aromatic amines is 2. The molecule has 1 aliphatic rings. The third-order valence-corrected chi connectivity index (χ3v) is 4.50. The maximum absolute atomic E-state index is 12.6. The van der Waals surface area contributed by atoms with Crippen LogP contribution in [0.3, 0.4) is 0 Å². The highest BCUT2D eigenvalue weighted by atomic mass is 16.5. The zero-order valence-electron chi connectivity index (χ0n) is 13.4. The fourth-order valence-electron chi connectivity index (χ4n) is 3.51. The predicted molar refractivity (Wildman–Crippen MR) is 88.7 cm³/mol. The predicted octanol–water partition coefficient (Wildman–Crippen LogP) is 1.49. The first-order valence-electron chi connectivity index (χ1n) is 7.80. The first-order chi connectivity index (χ1) is 11.5. The molecule has 0 saturated carbocycles. The summed E-state index contributed by atoms with van der Waals surface area (Å²) in [7, 11) is 0. The molecule has 1 aliphatic carbocycles. The van der Waals surface area contributed by atoms with Crippen LogP contribution in [0.15, 0.2) is 47.8 Å². The van der Waals surface area contributed by atoms with Crippen LogP contribution in [0.5, 0.6) is 0 Å². The maximum Gasteiger partial charge on any atom is 0.313 e. The number of benzene rings is 1. The largest absolute Gasteiger partial charge is 0.461 e. The number of carbonyl (C=O) groups excluding carboxylic acids is 1. The zero-order chi connectivity index (χ0) is 17.3. The molecule has 3 atom stereocenters. The summed E-state index contributed by atoms with van der Waals surface area (Å²) in [6.07, 6.45) is 1.64. The van der Waals surface area contributed by atoms with E-state index < -0.39 is 23.4 Å². The first-order valence-corrected chi connectivity index (χ1v) is 7.80. The highest BCUT2D eigenvalue weighted by molar-refractivity contribution is 5.77. The minimum Gasteiger partial charge on any atom is -0.461 e. The lowest BCUT2D eigenvalue weighted by Crippen LogP contribution is -2.50. The zero-order valence-corrected chi connectivity index (χ0v) is 13.4. The Morgan fingerprint density at radius 3 is 2.79 bits per heavy atom. The fraction of sp³-hybridized carbons (Fsp3) is 0.333. The third kappa shape index (κ3) is 2.69. The molecule has 3 N–H and O–H groups in total. The van der Waals surface area contributed by atoms with E-state index in [4.69, 9.17) is 4.74 Å². The van der Waals surface area contributed by atoms with E-state index in [1.165, 1.54) is 6.08 Å². The third-order valence-electron chi connectivity index (χ3n) is 4.50. The summed E-state index contributed by atoms with van der Waals surface area (Å²) in [5.41, 5.74) is 0.247. The van der Waals surface area contributed by atoms with Crippen LogP contribution in [0.1, 0.15) is 29.7 Å². The van der Waals surface area contributed by atoms with Crippen molar-refractivity contribution in [3.05, 3.63) is 70.2 Å². The molecule has 1 aromatic carbocycles. The number of nitrogens with one attached hydrogen (secondary N) is 2. The lowest BCUT2D eigenvalue weighted by Gasteiger charge is -2.40. The Bertz CT molecular complexity index is 804. The fourth-order valence-corrected chi connectivity index (χ4v) is 3.51. The smallest absolute Gasteiger partial charge is 0.313 e. The van der Waals surface area contributed by atoms with Crippen molar-refractivity contribution < 1.29 is 14.6 Å². The van der Waals surface area contributed by atoms with E-state index in [0.29, 0.717) is 11.3 Å². The molecule has 6 heteroatoms. The number of rotatable bonds is 4. The van der Waals surface area contributed by atoms with Crippen molar-refractivity contribution in [2.24, 2.45) is 5.92 Å². The second-order valence-electron chi connectivity index (χ2n) is 6.29. The molecule has 3 rings (SSSR count). The number of hydrogen-bond donors (Lipinski definition) is 3. The first kappa shape index (κ1) is 16.3. The summed E-state index contributed by atoms with van der Waals surface area (Å²) in [5.74, 6) is -2.01. The number of carbonyl (C=O) groups is 1. The molecule has 6 nitrogen and oxygen atoms in total. The Balaban J connectivity index is 2.16. The summed E-state index contributed by atoms with van der Waals surface area (Å²) in [4.78, 5) is 25.0. The van der Waals surface area contributed by atoms with Crippen LogP contribution in [0.25, 0.3) is 0 Å². The van der Waals surface area contributed by atoms with Crippen molar-refractivity contribution in [2.75, 3.05) is 6.61 Å². The van der Waals surface area contributed by atoms with Crippen LogP contribution >= 0.6 is 0 Å². The van der Waals surface area contributed by atoms with Gasteiger partial charge in [0.15, 0.2) is 0 Å². The van der Waals surface area contributed by atoms with Crippen LogP contribution in [0.4, 0.5) is 0 Å². The molecule has 2 aromatic rings. The van der Waals surface area contributed by atoms with Gasteiger partial charge in [-0.1, -0.05) is 43.0 Å². The van der Waals surface area contributed by atoms with Crippen molar-refractivity contribution in [1.82, 2.24) is 10.2 Å². The minimum absolute atomic E-state index is 0.0588. The maximum atomic E-state index is 12.6.